The number of hydrogen-bond acceptors (Lipinski definition) is 8. The van der Waals surface area contributed by atoms with Crippen LogP contribution in [0.2, 0.25) is 0 Å². The number of tetrazole rings is 1. The van der Waals surface area contributed by atoms with Crippen LogP contribution in [0.4, 0.5) is 0 Å². The van der Waals surface area contributed by atoms with Crippen LogP contribution in [0.5, 0.6) is 0 Å². The van der Waals surface area contributed by atoms with E-state index in [1.165, 1.54) is 0 Å². The Morgan fingerprint density at radius 3 is 2.16 bits per heavy atom. The van der Waals surface area contributed by atoms with E-state index in [4.69, 9.17) is 0 Å². The minimum Gasteiger partial charge on any atom is -0.480 e. The van der Waals surface area contributed by atoms with Crippen LogP contribution in [0.15, 0.2) is 36.4 Å². The molecule has 37 heavy (non-hydrogen) atoms. The van der Waals surface area contributed by atoms with Crippen molar-refractivity contribution in [1.82, 2.24) is 36.2 Å². The fraction of sp³-hybridized carbons (Fsp3) is 0.400. The van der Waals surface area contributed by atoms with E-state index in [0.717, 1.165) is 15.7 Å². The van der Waals surface area contributed by atoms with Gasteiger partial charge in [-0.1, -0.05) is 38.1 Å². The summed E-state index contributed by atoms with van der Waals surface area (Å²) in [7, 11) is 0. The Balaban J connectivity index is 1.45. The fourth-order valence-corrected chi connectivity index (χ4v) is 4.41. The quantitative estimate of drug-likeness (QED) is 0.282. The van der Waals surface area contributed by atoms with Gasteiger partial charge in [-0.25, -0.2) is 5.10 Å². The van der Waals surface area contributed by atoms with E-state index in [-0.39, 0.29) is 18.9 Å². The van der Waals surface area contributed by atoms with Crippen LogP contribution in [0.25, 0.3) is 10.8 Å². The number of H-pyrrole nitrogens is 1. The molecule has 0 saturated carbocycles. The first-order chi connectivity index (χ1) is 17.7. The highest BCUT2D eigenvalue weighted by Gasteiger charge is 2.37. The summed E-state index contributed by atoms with van der Waals surface area (Å²) < 4.78 is 0. The normalized spacial score (nSPS) is 15.6. The molecule has 3 atom stereocenters. The Hall–Kier alpha value is -4.19. The maximum atomic E-state index is 13.0. The standard InChI is InChI=1S/C25H29N7O5/c1-13(2)10-20(22(33)26-14(3)21-28-30-31-29-21)27-19(25(36)37)8-9-32-23(34)17-11-15-6-4-5-7-16(15)12-18(17)24(32)35/h4-7,11-14,19-20,27H,8-10H2,1-3H3,(H,26,33)(H,36,37)(H,28,29,30,31)/t14?,19-,20+/m1/s1. The number of carbonyl (C=O) groups excluding carboxylic acids is 3. The van der Waals surface area contributed by atoms with Crippen molar-refractivity contribution in [2.75, 3.05) is 6.54 Å². The highest BCUT2D eigenvalue weighted by atomic mass is 16.4. The molecule has 3 amide bonds. The van der Waals surface area contributed by atoms with Crippen LogP contribution in [-0.2, 0) is 9.59 Å². The molecule has 12 heteroatoms. The van der Waals surface area contributed by atoms with Gasteiger partial charge in [0.1, 0.15) is 6.04 Å². The molecule has 1 unspecified atom stereocenters. The molecule has 0 aliphatic carbocycles. The topological polar surface area (TPSA) is 170 Å². The van der Waals surface area contributed by atoms with Crippen molar-refractivity contribution in [3.05, 3.63) is 53.3 Å². The number of carbonyl (C=O) groups is 4. The molecular formula is C25H29N7O5. The third-order valence-corrected chi connectivity index (χ3v) is 6.33. The summed E-state index contributed by atoms with van der Waals surface area (Å²) in [4.78, 5) is 52.1. The lowest BCUT2D eigenvalue weighted by atomic mass is 10.0. The molecular weight excluding hydrogens is 478 g/mol. The van der Waals surface area contributed by atoms with E-state index in [9.17, 15) is 24.3 Å². The number of aromatic nitrogens is 4. The third kappa shape index (κ3) is 5.64. The van der Waals surface area contributed by atoms with Crippen molar-refractivity contribution >= 4 is 34.5 Å². The number of aromatic amines is 1. The maximum Gasteiger partial charge on any atom is 0.320 e. The average Bonchev–Trinajstić information content (AvgIpc) is 3.47. The van der Waals surface area contributed by atoms with Crippen molar-refractivity contribution in [2.45, 2.75) is 51.7 Å². The van der Waals surface area contributed by atoms with Crippen LogP contribution in [-0.4, -0.2) is 72.9 Å². The number of nitrogens with zero attached hydrogens (tertiary/aromatic N) is 4. The summed E-state index contributed by atoms with van der Waals surface area (Å²) in [6, 6.07) is 8.29. The molecule has 0 radical (unpaired) electrons. The number of hydrogen-bond donors (Lipinski definition) is 4. The SMILES string of the molecule is CC(C)C[C@H](N[C@H](CCN1C(=O)c2cc3ccccc3cc2C1=O)C(=O)O)C(=O)NC(C)c1nnn[nH]1. The van der Waals surface area contributed by atoms with Gasteiger partial charge in [-0.05, 0) is 59.0 Å². The summed E-state index contributed by atoms with van der Waals surface area (Å²) in [5.74, 6) is -2.05. The van der Waals surface area contributed by atoms with Gasteiger partial charge >= 0.3 is 5.97 Å². The largest absolute Gasteiger partial charge is 0.480 e. The van der Waals surface area contributed by atoms with Gasteiger partial charge in [0.2, 0.25) is 5.91 Å². The van der Waals surface area contributed by atoms with Gasteiger partial charge in [-0.3, -0.25) is 29.4 Å². The summed E-state index contributed by atoms with van der Waals surface area (Å²) in [5.41, 5.74) is 0.605. The lowest BCUT2D eigenvalue weighted by Crippen LogP contribution is -2.52. The molecule has 194 valence electrons. The van der Waals surface area contributed by atoms with Gasteiger partial charge in [0, 0.05) is 6.54 Å². The molecule has 0 spiro atoms. The van der Waals surface area contributed by atoms with Crippen LogP contribution in [0.3, 0.4) is 0 Å². The number of benzene rings is 2. The van der Waals surface area contributed by atoms with Crippen molar-refractivity contribution in [3.63, 3.8) is 0 Å². The minimum atomic E-state index is -1.18. The molecule has 1 aliphatic rings. The number of carboxylic acid groups (broad SMARTS) is 1. The van der Waals surface area contributed by atoms with E-state index in [1.54, 1.807) is 19.1 Å². The molecule has 4 N–H and O–H groups in total. The number of rotatable bonds is 11. The summed E-state index contributed by atoms with van der Waals surface area (Å²) in [6.45, 7) is 5.43. The Kier molecular flexibility index (Phi) is 7.58. The maximum absolute atomic E-state index is 13.0. The molecule has 0 bridgehead atoms. The molecule has 12 nitrogen and oxygen atoms in total. The molecule has 0 fully saturated rings. The van der Waals surface area contributed by atoms with Crippen molar-refractivity contribution < 1.29 is 24.3 Å². The second-order valence-corrected chi connectivity index (χ2v) is 9.55. The number of nitrogens with one attached hydrogen (secondary N) is 3. The lowest BCUT2D eigenvalue weighted by molar-refractivity contribution is -0.140. The van der Waals surface area contributed by atoms with E-state index in [1.807, 2.05) is 38.1 Å². The predicted octanol–water partition coefficient (Wildman–Crippen LogP) is 1.67. The van der Waals surface area contributed by atoms with Crippen LogP contribution in [0, 0.1) is 5.92 Å². The smallest absolute Gasteiger partial charge is 0.320 e. The van der Waals surface area contributed by atoms with Gasteiger partial charge in [-0.2, -0.15) is 0 Å². The Bertz CT molecular complexity index is 1270. The van der Waals surface area contributed by atoms with E-state index < -0.39 is 41.8 Å². The van der Waals surface area contributed by atoms with E-state index in [0.29, 0.717) is 23.4 Å². The third-order valence-electron chi connectivity index (χ3n) is 6.33. The van der Waals surface area contributed by atoms with Crippen LogP contribution < -0.4 is 10.6 Å². The molecule has 1 aliphatic heterocycles. The zero-order chi connectivity index (χ0) is 26.7. The van der Waals surface area contributed by atoms with Crippen molar-refractivity contribution in [1.29, 1.82) is 0 Å². The van der Waals surface area contributed by atoms with Crippen LogP contribution in [0.1, 0.15) is 66.2 Å². The zero-order valence-electron chi connectivity index (χ0n) is 20.8. The molecule has 2 heterocycles. The van der Waals surface area contributed by atoms with Crippen LogP contribution >= 0.6 is 0 Å². The van der Waals surface area contributed by atoms with Gasteiger partial charge in [0.05, 0.1) is 23.2 Å². The summed E-state index contributed by atoms with van der Waals surface area (Å²) >= 11 is 0. The Morgan fingerprint density at radius 2 is 1.65 bits per heavy atom. The zero-order valence-corrected chi connectivity index (χ0v) is 20.8. The van der Waals surface area contributed by atoms with Gasteiger partial charge in [0.25, 0.3) is 11.8 Å². The molecule has 0 saturated heterocycles. The minimum absolute atomic E-state index is 0.0657. The number of amides is 3. The Labute approximate surface area is 212 Å². The number of carboxylic acids is 1. The molecule has 4 rings (SSSR count). The first-order valence-electron chi connectivity index (χ1n) is 12.1. The predicted molar refractivity (Wildman–Crippen MR) is 132 cm³/mol. The van der Waals surface area contributed by atoms with Gasteiger partial charge in [0.15, 0.2) is 5.82 Å². The molecule has 3 aromatic rings. The van der Waals surface area contributed by atoms with E-state index in [2.05, 4.69) is 31.3 Å². The number of fused-ring (bicyclic) bond motifs is 2. The lowest BCUT2D eigenvalue weighted by Gasteiger charge is -2.26. The summed E-state index contributed by atoms with van der Waals surface area (Å²) in [5, 5.41) is 30.6. The second kappa shape index (κ2) is 10.8. The van der Waals surface area contributed by atoms with Gasteiger partial charge < -0.3 is 10.4 Å². The highest BCUT2D eigenvalue weighted by Crippen LogP contribution is 2.28. The molecule has 2 aromatic carbocycles. The van der Waals surface area contributed by atoms with Crippen molar-refractivity contribution in [3.8, 4) is 0 Å². The van der Waals surface area contributed by atoms with Gasteiger partial charge in [-0.15, -0.1) is 5.10 Å². The first-order valence-corrected chi connectivity index (χ1v) is 12.1. The fourth-order valence-electron chi connectivity index (χ4n) is 4.41. The number of aliphatic carboxylic acids is 1. The highest BCUT2D eigenvalue weighted by molar-refractivity contribution is 6.23. The van der Waals surface area contributed by atoms with E-state index >= 15 is 0 Å². The Morgan fingerprint density at radius 1 is 1.03 bits per heavy atom. The summed E-state index contributed by atoms with van der Waals surface area (Å²) in [6.07, 6.45) is 0.306. The van der Waals surface area contributed by atoms with Crippen molar-refractivity contribution in [2.24, 2.45) is 5.92 Å². The number of imide groups is 1. The average molecular weight is 508 g/mol. The second-order valence-electron chi connectivity index (χ2n) is 9.55. The monoisotopic (exact) mass is 507 g/mol. The molecule has 1 aromatic heterocycles. The first kappa shape index (κ1) is 25.9.